The molecule has 94 valence electrons. The Morgan fingerprint density at radius 1 is 1.22 bits per heavy atom. The lowest BCUT2D eigenvalue weighted by molar-refractivity contribution is 0.103. The highest BCUT2D eigenvalue weighted by molar-refractivity contribution is 9.10. The van der Waals surface area contributed by atoms with Gasteiger partial charge in [0.25, 0.3) is 5.91 Å². The van der Waals surface area contributed by atoms with E-state index in [9.17, 15) is 4.79 Å². The second kappa shape index (κ2) is 5.24. The van der Waals surface area contributed by atoms with E-state index in [-0.39, 0.29) is 5.91 Å². The third kappa shape index (κ3) is 2.65. The second-order valence-corrected chi connectivity index (χ2v) is 6.29. The zero-order valence-corrected chi connectivity index (χ0v) is 12.9. The molecule has 2 rings (SSSR count). The van der Waals surface area contributed by atoms with Gasteiger partial charge in [0.1, 0.15) is 0 Å². The zero-order valence-electron chi connectivity index (χ0n) is 10.5. The predicted octanol–water partition coefficient (Wildman–Crippen LogP) is 4.69. The van der Waals surface area contributed by atoms with E-state index in [1.165, 1.54) is 16.2 Å². The molecular weight excluding hydrogens is 310 g/mol. The third-order valence-corrected chi connectivity index (χ3v) is 5.03. The maximum absolute atomic E-state index is 12.1. The number of carbonyl (C=O) groups is 1. The van der Waals surface area contributed by atoms with Crippen LogP contribution in [0.3, 0.4) is 0 Å². The molecule has 0 saturated carbocycles. The highest BCUT2D eigenvalue weighted by Crippen LogP contribution is 2.27. The minimum atomic E-state index is -0.0532. The van der Waals surface area contributed by atoms with Crippen LogP contribution in [0.15, 0.2) is 28.7 Å². The van der Waals surface area contributed by atoms with Gasteiger partial charge in [-0.3, -0.25) is 4.79 Å². The van der Waals surface area contributed by atoms with Crippen molar-refractivity contribution in [3.05, 3.63) is 49.6 Å². The summed E-state index contributed by atoms with van der Waals surface area (Å²) in [6.45, 7) is 6.05. The predicted molar refractivity (Wildman–Crippen MR) is 80.6 cm³/mol. The molecule has 0 aliphatic carbocycles. The topological polar surface area (TPSA) is 29.1 Å². The Kier molecular flexibility index (Phi) is 3.88. The average molecular weight is 324 g/mol. The van der Waals surface area contributed by atoms with Gasteiger partial charge in [-0.05, 0) is 60.0 Å². The molecule has 1 aromatic carbocycles. The summed E-state index contributed by atoms with van der Waals surface area (Å²) in [6.07, 6.45) is 0. The van der Waals surface area contributed by atoms with E-state index in [4.69, 9.17) is 0 Å². The Hall–Kier alpha value is -1.13. The Morgan fingerprint density at radius 2 is 1.94 bits per heavy atom. The number of nitrogens with one attached hydrogen (secondary N) is 1. The summed E-state index contributed by atoms with van der Waals surface area (Å²) in [5, 5.41) is 2.93. The lowest BCUT2D eigenvalue weighted by atomic mass is 10.2. The fourth-order valence-electron chi connectivity index (χ4n) is 1.61. The Labute approximate surface area is 119 Å². The molecule has 0 bridgehead atoms. The quantitative estimate of drug-likeness (QED) is 0.853. The van der Waals surface area contributed by atoms with Crippen LogP contribution in [-0.2, 0) is 0 Å². The van der Waals surface area contributed by atoms with Gasteiger partial charge in [-0.25, -0.2) is 0 Å². The number of rotatable bonds is 2. The first kappa shape index (κ1) is 13.3. The normalized spacial score (nSPS) is 10.4. The van der Waals surface area contributed by atoms with Crippen LogP contribution in [0, 0.1) is 20.8 Å². The summed E-state index contributed by atoms with van der Waals surface area (Å²) in [6, 6.07) is 7.75. The third-order valence-electron chi connectivity index (χ3n) is 2.83. The number of hydrogen-bond donors (Lipinski definition) is 1. The molecule has 1 heterocycles. The van der Waals surface area contributed by atoms with E-state index < -0.39 is 0 Å². The Bertz CT molecular complexity index is 584. The van der Waals surface area contributed by atoms with Crippen molar-refractivity contribution >= 4 is 38.9 Å². The highest BCUT2D eigenvalue weighted by atomic mass is 79.9. The smallest absolute Gasteiger partial charge is 0.265 e. The van der Waals surface area contributed by atoms with Gasteiger partial charge in [-0.2, -0.15) is 0 Å². The van der Waals surface area contributed by atoms with E-state index in [2.05, 4.69) is 21.2 Å². The summed E-state index contributed by atoms with van der Waals surface area (Å²) >= 11 is 5.01. The van der Waals surface area contributed by atoms with E-state index in [1.807, 2.05) is 45.0 Å². The van der Waals surface area contributed by atoms with Crippen molar-refractivity contribution in [1.82, 2.24) is 0 Å². The van der Waals surface area contributed by atoms with Crippen LogP contribution in [0.25, 0.3) is 0 Å². The number of anilines is 1. The van der Waals surface area contributed by atoms with E-state index in [1.54, 1.807) is 0 Å². The first-order valence-corrected chi connectivity index (χ1v) is 7.23. The summed E-state index contributed by atoms with van der Waals surface area (Å²) in [4.78, 5) is 14.1. The van der Waals surface area contributed by atoms with Crippen molar-refractivity contribution in [2.45, 2.75) is 20.8 Å². The van der Waals surface area contributed by atoms with E-state index in [0.717, 1.165) is 26.2 Å². The fraction of sp³-hybridized carbons (Fsp3) is 0.214. The first-order chi connectivity index (χ1) is 8.49. The van der Waals surface area contributed by atoms with Gasteiger partial charge < -0.3 is 5.32 Å². The second-order valence-electron chi connectivity index (χ2n) is 4.24. The van der Waals surface area contributed by atoms with Crippen molar-refractivity contribution in [2.75, 3.05) is 5.32 Å². The highest BCUT2D eigenvalue weighted by Gasteiger charge is 2.12. The Morgan fingerprint density at radius 3 is 2.56 bits per heavy atom. The molecule has 2 aromatic rings. The molecule has 18 heavy (non-hydrogen) atoms. The average Bonchev–Trinajstić information content (AvgIpc) is 2.66. The van der Waals surface area contributed by atoms with Crippen LogP contribution in [0.1, 0.15) is 25.7 Å². The molecule has 0 unspecified atom stereocenters. The SMILES string of the molecule is Cc1cc(C(=O)Nc2cccc(C)c2Br)sc1C. The minimum Gasteiger partial charge on any atom is -0.320 e. The van der Waals surface area contributed by atoms with Crippen molar-refractivity contribution < 1.29 is 4.79 Å². The van der Waals surface area contributed by atoms with Crippen molar-refractivity contribution in [3.63, 3.8) is 0 Å². The molecule has 1 N–H and O–H groups in total. The molecule has 4 heteroatoms. The maximum atomic E-state index is 12.1. The largest absolute Gasteiger partial charge is 0.320 e. The molecule has 0 aliphatic rings. The van der Waals surface area contributed by atoms with E-state index >= 15 is 0 Å². The van der Waals surface area contributed by atoms with Crippen LogP contribution in [-0.4, -0.2) is 5.91 Å². The number of halogens is 1. The fourth-order valence-corrected chi connectivity index (χ4v) is 2.91. The number of benzene rings is 1. The lowest BCUT2D eigenvalue weighted by Gasteiger charge is -2.07. The van der Waals surface area contributed by atoms with Gasteiger partial charge in [0.05, 0.1) is 10.6 Å². The molecule has 1 amide bonds. The summed E-state index contributed by atoms with van der Waals surface area (Å²) in [5.74, 6) is -0.0532. The van der Waals surface area contributed by atoms with Crippen molar-refractivity contribution in [1.29, 1.82) is 0 Å². The number of aryl methyl sites for hydroxylation is 3. The van der Waals surface area contributed by atoms with Gasteiger partial charge in [-0.15, -0.1) is 11.3 Å². The molecule has 0 atom stereocenters. The lowest BCUT2D eigenvalue weighted by Crippen LogP contribution is -2.10. The van der Waals surface area contributed by atoms with Crippen molar-refractivity contribution in [2.24, 2.45) is 0 Å². The molecule has 0 radical (unpaired) electrons. The molecule has 0 aliphatic heterocycles. The summed E-state index contributed by atoms with van der Waals surface area (Å²) in [7, 11) is 0. The standard InChI is InChI=1S/C14H14BrNOS/c1-8-5-4-6-11(13(8)15)16-14(17)12-7-9(2)10(3)18-12/h4-7H,1-3H3,(H,16,17). The molecule has 0 fully saturated rings. The number of thiophene rings is 1. The van der Waals surface area contributed by atoms with Crippen molar-refractivity contribution in [3.8, 4) is 0 Å². The summed E-state index contributed by atoms with van der Waals surface area (Å²) < 4.78 is 0.934. The van der Waals surface area contributed by atoms with Gasteiger partial charge >= 0.3 is 0 Å². The Balaban J connectivity index is 2.24. The van der Waals surface area contributed by atoms with E-state index in [0.29, 0.717) is 0 Å². The zero-order chi connectivity index (χ0) is 13.3. The summed E-state index contributed by atoms with van der Waals surface area (Å²) in [5.41, 5.74) is 3.07. The van der Waals surface area contributed by atoms with Crippen LogP contribution >= 0.6 is 27.3 Å². The molecular formula is C14H14BrNOS. The van der Waals surface area contributed by atoms with Crippen LogP contribution < -0.4 is 5.32 Å². The van der Waals surface area contributed by atoms with Gasteiger partial charge in [-0.1, -0.05) is 12.1 Å². The molecule has 1 aromatic heterocycles. The van der Waals surface area contributed by atoms with Gasteiger partial charge in [0.15, 0.2) is 0 Å². The van der Waals surface area contributed by atoms with Crippen LogP contribution in [0.5, 0.6) is 0 Å². The minimum absolute atomic E-state index is 0.0532. The molecule has 2 nitrogen and oxygen atoms in total. The van der Waals surface area contributed by atoms with Crippen LogP contribution in [0.4, 0.5) is 5.69 Å². The van der Waals surface area contributed by atoms with Gasteiger partial charge in [0, 0.05) is 9.35 Å². The first-order valence-electron chi connectivity index (χ1n) is 5.62. The van der Waals surface area contributed by atoms with Gasteiger partial charge in [0.2, 0.25) is 0 Å². The number of amides is 1. The number of hydrogen-bond acceptors (Lipinski definition) is 2. The maximum Gasteiger partial charge on any atom is 0.265 e. The monoisotopic (exact) mass is 323 g/mol. The number of carbonyl (C=O) groups excluding carboxylic acids is 1. The molecule has 0 spiro atoms. The van der Waals surface area contributed by atoms with Crippen LogP contribution in [0.2, 0.25) is 0 Å². The molecule has 0 saturated heterocycles.